The Bertz CT molecular complexity index is 351. The number of hydrogen-bond donors (Lipinski definition) is 1. The number of pyridine rings is 1. The average molecular weight is 312 g/mol. The molecule has 0 saturated carbocycles. The average Bonchev–Trinajstić information content (AvgIpc) is 2.50. The molecule has 0 spiro atoms. The molecule has 1 rings (SSSR count). The molecule has 120 valence electrons. The van der Waals surface area contributed by atoms with E-state index in [0.29, 0.717) is 6.61 Å². The second kappa shape index (κ2) is 14.1. The van der Waals surface area contributed by atoms with Gasteiger partial charge in [-0.3, -0.25) is 0 Å². The van der Waals surface area contributed by atoms with Gasteiger partial charge in [0.25, 0.3) is 0 Å². The van der Waals surface area contributed by atoms with Gasteiger partial charge in [0.2, 0.25) is 0 Å². The number of aryl methyl sites for hydroxylation is 1. The molecule has 21 heavy (non-hydrogen) atoms. The molecule has 0 fully saturated rings. The van der Waals surface area contributed by atoms with Crippen molar-refractivity contribution in [3.8, 4) is 0 Å². The van der Waals surface area contributed by atoms with E-state index in [2.05, 4.69) is 35.7 Å². The molecule has 0 bridgehead atoms. The molecule has 2 nitrogen and oxygen atoms in total. The van der Waals surface area contributed by atoms with Crippen LogP contribution in [-0.4, -0.2) is 11.7 Å². The van der Waals surface area contributed by atoms with Gasteiger partial charge in [0.05, 0.1) is 0 Å². The molecular weight excluding hydrogens is 282 g/mol. The molecule has 3 heteroatoms. The van der Waals surface area contributed by atoms with Crippen molar-refractivity contribution >= 4 is 6.08 Å². The number of aromatic nitrogens is 1. The first-order valence-corrected chi connectivity index (χ1v) is 8.09. The van der Waals surface area contributed by atoms with Gasteiger partial charge in [-0.05, 0) is 18.4 Å². The number of unbranched alkanes of at least 4 members (excludes halogenated alkanes) is 8. The maximum atomic E-state index is 8.68. The lowest BCUT2D eigenvalue weighted by atomic mass is 10.1. The minimum atomic E-state index is 0. The number of halogens is 1. The molecule has 0 aliphatic carbocycles. The summed E-state index contributed by atoms with van der Waals surface area (Å²) in [6, 6.07) is 4.22. The van der Waals surface area contributed by atoms with Gasteiger partial charge in [-0.15, -0.1) is 0 Å². The van der Waals surface area contributed by atoms with E-state index in [0.717, 1.165) is 13.0 Å². The SMILES string of the molecule is C=Cc1cc[n+](CCCCCCCCCCCO)cc1.[Cl-]. The van der Waals surface area contributed by atoms with Gasteiger partial charge < -0.3 is 17.5 Å². The van der Waals surface area contributed by atoms with Crippen LogP contribution in [0.15, 0.2) is 31.1 Å². The smallest absolute Gasteiger partial charge is 0.169 e. The Balaban J connectivity index is 0.00000400. The molecule has 1 aromatic heterocycles. The van der Waals surface area contributed by atoms with E-state index in [-0.39, 0.29) is 12.4 Å². The summed E-state index contributed by atoms with van der Waals surface area (Å²) in [5, 5.41) is 8.68. The second-order valence-electron chi connectivity index (χ2n) is 5.48. The Morgan fingerprint density at radius 2 is 1.33 bits per heavy atom. The zero-order chi connectivity index (χ0) is 14.5. The third-order valence-electron chi connectivity index (χ3n) is 3.73. The Morgan fingerprint density at radius 3 is 1.81 bits per heavy atom. The van der Waals surface area contributed by atoms with Gasteiger partial charge in [0.1, 0.15) is 6.54 Å². The van der Waals surface area contributed by atoms with Crippen molar-refractivity contribution in [3.63, 3.8) is 0 Å². The van der Waals surface area contributed by atoms with Crippen LogP contribution in [0, 0.1) is 0 Å². The van der Waals surface area contributed by atoms with E-state index >= 15 is 0 Å². The monoisotopic (exact) mass is 311 g/mol. The van der Waals surface area contributed by atoms with Gasteiger partial charge in [-0.1, -0.05) is 51.2 Å². The van der Waals surface area contributed by atoms with Crippen LogP contribution in [0.1, 0.15) is 63.4 Å². The number of aliphatic hydroxyl groups excluding tert-OH is 1. The fourth-order valence-corrected chi connectivity index (χ4v) is 2.40. The lowest BCUT2D eigenvalue weighted by molar-refractivity contribution is -0.697. The van der Waals surface area contributed by atoms with Crippen LogP contribution >= 0.6 is 0 Å². The molecule has 0 unspecified atom stereocenters. The van der Waals surface area contributed by atoms with Gasteiger partial charge in [-0.2, -0.15) is 0 Å². The third-order valence-corrected chi connectivity index (χ3v) is 3.73. The van der Waals surface area contributed by atoms with Crippen molar-refractivity contribution in [2.24, 2.45) is 0 Å². The summed E-state index contributed by atoms with van der Waals surface area (Å²) in [5.41, 5.74) is 1.18. The van der Waals surface area contributed by atoms with Crippen LogP contribution < -0.4 is 17.0 Å². The van der Waals surface area contributed by atoms with Crippen molar-refractivity contribution < 1.29 is 22.1 Å². The van der Waals surface area contributed by atoms with E-state index in [9.17, 15) is 0 Å². The number of rotatable bonds is 12. The maximum absolute atomic E-state index is 8.68. The molecule has 0 aliphatic heterocycles. The normalized spacial score (nSPS) is 10.1. The van der Waals surface area contributed by atoms with E-state index < -0.39 is 0 Å². The Labute approximate surface area is 136 Å². The number of hydrogen-bond acceptors (Lipinski definition) is 1. The largest absolute Gasteiger partial charge is 1.00 e. The van der Waals surface area contributed by atoms with Crippen LogP contribution in [0.2, 0.25) is 0 Å². The molecule has 0 aliphatic rings. The predicted octanol–water partition coefficient (Wildman–Crippen LogP) is 1.12. The molecular formula is C18H30ClNO. The Morgan fingerprint density at radius 1 is 0.857 bits per heavy atom. The highest BCUT2D eigenvalue weighted by Gasteiger charge is 1.99. The predicted molar refractivity (Wildman–Crippen MR) is 85.4 cm³/mol. The van der Waals surface area contributed by atoms with Crippen molar-refractivity contribution in [1.29, 1.82) is 0 Å². The van der Waals surface area contributed by atoms with E-state index in [1.807, 2.05) is 6.08 Å². The Kier molecular flexibility index (Phi) is 13.5. The van der Waals surface area contributed by atoms with Gasteiger partial charge >= 0.3 is 0 Å². The summed E-state index contributed by atoms with van der Waals surface area (Å²) in [6.07, 6.45) is 17.6. The molecule has 0 aromatic carbocycles. The van der Waals surface area contributed by atoms with Crippen molar-refractivity contribution in [3.05, 3.63) is 36.7 Å². The molecule has 0 radical (unpaired) electrons. The Hall–Kier alpha value is -0.860. The summed E-state index contributed by atoms with van der Waals surface area (Å²) in [4.78, 5) is 0. The van der Waals surface area contributed by atoms with Gasteiger partial charge in [-0.25, -0.2) is 4.57 Å². The second-order valence-corrected chi connectivity index (χ2v) is 5.48. The highest BCUT2D eigenvalue weighted by molar-refractivity contribution is 5.44. The lowest BCUT2D eigenvalue weighted by Crippen LogP contribution is -3.00. The highest BCUT2D eigenvalue weighted by atomic mass is 35.5. The fourth-order valence-electron chi connectivity index (χ4n) is 2.40. The molecule has 1 N–H and O–H groups in total. The summed E-state index contributed by atoms with van der Waals surface area (Å²) < 4.78 is 2.25. The molecule has 1 heterocycles. The summed E-state index contributed by atoms with van der Waals surface area (Å²) in [7, 11) is 0. The zero-order valence-corrected chi connectivity index (χ0v) is 13.9. The maximum Gasteiger partial charge on any atom is 0.169 e. The zero-order valence-electron chi connectivity index (χ0n) is 13.1. The standard InChI is InChI=1S/C18H30NO.ClH/c1-2-18-12-15-19(16-13-18)14-10-8-6-4-3-5-7-9-11-17-20;/h2,12-13,15-16,20H,1,3-11,14,17H2;1H/q+1;/p-1. The van der Waals surface area contributed by atoms with E-state index in [1.54, 1.807) is 0 Å². The van der Waals surface area contributed by atoms with Crippen molar-refractivity contribution in [1.82, 2.24) is 0 Å². The first kappa shape index (κ1) is 20.1. The summed E-state index contributed by atoms with van der Waals surface area (Å²) in [5.74, 6) is 0. The minimum absolute atomic E-state index is 0. The molecule has 0 saturated heterocycles. The summed E-state index contributed by atoms with van der Waals surface area (Å²) >= 11 is 0. The first-order chi connectivity index (χ1) is 9.86. The number of nitrogens with zero attached hydrogens (tertiary/aromatic N) is 1. The van der Waals surface area contributed by atoms with Crippen LogP contribution in [0.3, 0.4) is 0 Å². The van der Waals surface area contributed by atoms with E-state index in [1.165, 1.54) is 56.9 Å². The minimum Gasteiger partial charge on any atom is -1.00 e. The highest BCUT2D eigenvalue weighted by Crippen LogP contribution is 2.09. The van der Waals surface area contributed by atoms with Crippen molar-refractivity contribution in [2.75, 3.05) is 6.61 Å². The van der Waals surface area contributed by atoms with Gasteiger partial charge in [0.15, 0.2) is 12.4 Å². The van der Waals surface area contributed by atoms with Crippen LogP contribution in [0.25, 0.3) is 6.08 Å². The van der Waals surface area contributed by atoms with Crippen LogP contribution in [-0.2, 0) is 6.54 Å². The quantitative estimate of drug-likeness (QED) is 0.454. The van der Waals surface area contributed by atoms with Crippen LogP contribution in [0.4, 0.5) is 0 Å². The van der Waals surface area contributed by atoms with E-state index in [4.69, 9.17) is 5.11 Å². The molecule has 0 atom stereocenters. The first-order valence-electron chi connectivity index (χ1n) is 8.09. The molecule has 1 aromatic rings. The lowest BCUT2D eigenvalue weighted by Gasteiger charge is -2.01. The third kappa shape index (κ3) is 10.5. The van der Waals surface area contributed by atoms with Gasteiger partial charge in [0, 0.05) is 25.2 Å². The molecule has 0 amide bonds. The topological polar surface area (TPSA) is 24.1 Å². The number of aliphatic hydroxyl groups is 1. The van der Waals surface area contributed by atoms with Crippen molar-refractivity contribution in [2.45, 2.75) is 64.3 Å². The fraction of sp³-hybridized carbons (Fsp3) is 0.611. The summed E-state index contributed by atoms with van der Waals surface area (Å²) in [6.45, 7) is 5.24. The van der Waals surface area contributed by atoms with Crippen LogP contribution in [0.5, 0.6) is 0 Å².